The minimum absolute atomic E-state index is 0.209. The first-order chi connectivity index (χ1) is 41.0. The van der Waals surface area contributed by atoms with Crippen LogP contribution < -0.4 is 47.2 Å². The fraction of sp³-hybridized carbons (Fsp3) is 0.154. The highest BCUT2D eigenvalue weighted by molar-refractivity contribution is 7.02. The zero-order chi connectivity index (χ0) is 56.8. The Balaban J connectivity index is 1.06. The Hall–Kier alpha value is -9.25. The van der Waals surface area contributed by atoms with Crippen molar-refractivity contribution in [1.82, 2.24) is 4.57 Å². The monoisotopic (exact) mass is 1080 g/mol. The van der Waals surface area contributed by atoms with E-state index >= 15 is 0 Å². The lowest BCUT2D eigenvalue weighted by molar-refractivity contribution is 0.474. The Labute approximate surface area is 494 Å². The zero-order valence-electron chi connectivity index (χ0n) is 49.1. The maximum atomic E-state index is 7.91. The predicted molar refractivity (Wildman–Crippen MR) is 356 cm³/mol. The molecule has 16 rings (SSSR count). The fourth-order valence-corrected chi connectivity index (χ4v) is 14.3. The van der Waals surface area contributed by atoms with Gasteiger partial charge in [-0.3, -0.25) is 0 Å². The van der Waals surface area contributed by atoms with Gasteiger partial charge in [0.15, 0.2) is 0 Å². The molecule has 4 aliphatic rings. The molecule has 0 N–H and O–H groups in total. The molecule has 0 radical (unpaired) electrons. The van der Waals surface area contributed by atoms with Gasteiger partial charge >= 0.3 is 0 Å². The number of fused-ring (bicyclic) bond motifs is 13. The predicted octanol–water partition coefficient (Wildman–Crippen LogP) is 17.1. The van der Waals surface area contributed by atoms with E-state index in [1.54, 1.807) is 0 Å². The van der Waals surface area contributed by atoms with Gasteiger partial charge in [0.25, 0.3) is 13.4 Å². The first-order valence-electron chi connectivity index (χ1n) is 30.3. The summed E-state index contributed by atoms with van der Waals surface area (Å²) in [4.78, 5) is 2.52. The van der Waals surface area contributed by atoms with Gasteiger partial charge in [-0.05, 0) is 178 Å². The highest BCUT2D eigenvalue weighted by atomic mass is 16.5. The van der Waals surface area contributed by atoms with Crippen molar-refractivity contribution < 1.29 is 9.47 Å². The largest absolute Gasteiger partial charge is 0.456 e. The molecule has 12 aromatic rings. The average Bonchev–Trinajstić information content (AvgIpc) is 2.83. The van der Waals surface area contributed by atoms with Gasteiger partial charge in [0.05, 0.1) is 16.9 Å². The number of benzene rings is 11. The van der Waals surface area contributed by atoms with Crippen molar-refractivity contribution in [3.8, 4) is 73.2 Å². The van der Waals surface area contributed by atoms with Gasteiger partial charge in [-0.25, -0.2) is 0 Å². The number of aromatic nitrogens is 1. The van der Waals surface area contributed by atoms with Gasteiger partial charge in [-0.15, -0.1) is 0 Å². The molecule has 0 amide bonds. The van der Waals surface area contributed by atoms with Crippen LogP contribution in [0.3, 0.4) is 0 Å². The molecule has 0 saturated carbocycles. The van der Waals surface area contributed by atoms with Crippen molar-refractivity contribution in [2.24, 2.45) is 0 Å². The first-order valence-corrected chi connectivity index (χ1v) is 30.3. The smallest absolute Gasteiger partial charge is 0.256 e. The van der Waals surface area contributed by atoms with Crippen molar-refractivity contribution in [1.29, 1.82) is 0 Å². The second kappa shape index (κ2) is 19.2. The van der Waals surface area contributed by atoms with Gasteiger partial charge in [0.1, 0.15) is 23.0 Å². The second-order valence-corrected chi connectivity index (χ2v) is 24.6. The molecule has 2 atom stereocenters. The van der Waals surface area contributed by atoms with Gasteiger partial charge in [0.2, 0.25) is 0 Å². The van der Waals surface area contributed by atoms with Crippen LogP contribution in [0.25, 0.3) is 72.0 Å². The van der Waals surface area contributed by atoms with Crippen molar-refractivity contribution in [3.05, 3.63) is 240 Å². The van der Waals surface area contributed by atoms with Crippen molar-refractivity contribution in [2.45, 2.75) is 80.1 Å². The number of anilines is 3. The Bertz CT molecular complexity index is 4690. The Morgan fingerprint density at radius 3 is 1.33 bits per heavy atom. The first kappa shape index (κ1) is 50.5. The van der Waals surface area contributed by atoms with Crippen LogP contribution >= 0.6 is 0 Å². The number of nitrogens with zero attached hydrogens (tertiary/aromatic N) is 2. The molecule has 404 valence electrons. The minimum Gasteiger partial charge on any atom is -0.456 e. The molecule has 11 aromatic carbocycles. The lowest BCUT2D eigenvalue weighted by Gasteiger charge is -2.45. The van der Waals surface area contributed by atoms with Crippen LogP contribution in [0.5, 0.6) is 23.0 Å². The summed E-state index contributed by atoms with van der Waals surface area (Å²) in [6.45, 7) is 17.5. The van der Waals surface area contributed by atoms with Crippen molar-refractivity contribution >= 4 is 85.1 Å². The number of hydrogen-bond donors (Lipinski definition) is 0. The highest BCUT2D eigenvalue weighted by Gasteiger charge is 2.51. The lowest BCUT2D eigenvalue weighted by Crippen LogP contribution is -2.63. The summed E-state index contributed by atoms with van der Waals surface area (Å²) in [6, 6.07) is 78.6. The molecule has 84 heavy (non-hydrogen) atoms. The average molecular weight is 1080 g/mol. The normalized spacial score (nSPS) is 13.8. The summed E-state index contributed by atoms with van der Waals surface area (Å²) in [6.07, 6.45) is 2.07. The molecule has 2 unspecified atom stereocenters. The zero-order valence-corrected chi connectivity index (χ0v) is 49.1. The summed E-state index contributed by atoms with van der Waals surface area (Å²) in [7, 11) is 0. The summed E-state index contributed by atoms with van der Waals surface area (Å²) in [5.74, 6) is 4.27. The van der Waals surface area contributed by atoms with E-state index in [0.717, 1.165) is 75.0 Å². The summed E-state index contributed by atoms with van der Waals surface area (Å²) in [5, 5.41) is 2.43. The molecule has 0 spiro atoms. The second-order valence-electron chi connectivity index (χ2n) is 24.6. The van der Waals surface area contributed by atoms with Crippen molar-refractivity contribution in [2.75, 3.05) is 4.90 Å². The quantitative estimate of drug-likeness (QED) is 0.135. The van der Waals surface area contributed by atoms with Crippen LogP contribution in [0.1, 0.15) is 85.8 Å². The highest BCUT2D eigenvalue weighted by Crippen LogP contribution is 2.52. The molecule has 5 heterocycles. The number of rotatable bonds is 9. The molecule has 0 saturated heterocycles. The van der Waals surface area contributed by atoms with E-state index in [2.05, 4.69) is 271 Å². The third-order valence-electron chi connectivity index (χ3n) is 19.4. The van der Waals surface area contributed by atoms with Crippen LogP contribution in [0.4, 0.5) is 17.1 Å². The molecule has 1 aromatic heterocycles. The SMILES string of the molecule is CCC(C)c1ccc2c(c1)B1c3cc(-c4ccc(C)cc4)ccc3N(c3ccc(-c4ccc(C)cc4)cc3)c3c4c5c(c(c31)O2)-n1c2ccc(-c3ccc(C)cc3)cc2c2cc(-c3ccc(C)cc3)cc(c21)B5c1cc(C(C)CC)ccc1O4. The van der Waals surface area contributed by atoms with E-state index < -0.39 is 0 Å². The lowest BCUT2D eigenvalue weighted by atomic mass is 9.31. The number of aryl methyl sites for hydroxylation is 4. The topological polar surface area (TPSA) is 26.6 Å². The number of hydrogen-bond acceptors (Lipinski definition) is 3. The van der Waals surface area contributed by atoms with Crippen LogP contribution in [-0.2, 0) is 0 Å². The van der Waals surface area contributed by atoms with E-state index in [0.29, 0.717) is 11.8 Å². The maximum absolute atomic E-state index is 7.91. The molecular formula is C78H64B2N2O2. The Morgan fingerprint density at radius 2 is 0.798 bits per heavy atom. The van der Waals surface area contributed by atoms with Gasteiger partial charge in [0, 0.05) is 38.6 Å². The molecular weight excluding hydrogens is 1020 g/mol. The van der Waals surface area contributed by atoms with E-state index in [4.69, 9.17) is 9.47 Å². The van der Waals surface area contributed by atoms with E-state index in [-0.39, 0.29) is 13.4 Å². The van der Waals surface area contributed by atoms with Gasteiger partial charge < -0.3 is 18.9 Å². The minimum atomic E-state index is -0.210. The summed E-state index contributed by atoms with van der Waals surface area (Å²) < 4.78 is 18.4. The molecule has 4 nitrogen and oxygen atoms in total. The molecule has 4 aliphatic heterocycles. The van der Waals surface area contributed by atoms with E-state index in [9.17, 15) is 0 Å². The summed E-state index contributed by atoms with van der Waals surface area (Å²) in [5.41, 5.74) is 30.9. The van der Waals surface area contributed by atoms with E-state index in [1.807, 2.05) is 0 Å². The standard InChI is InChI=1S/C78H64B2N2O2/c1-9-49(7)56-31-37-70-65(41-56)79-64-43-59(54-23-15-47(5)16-24-54)30-36-69(64)81(61-33-27-52(28-34-61)51-19-11-45(3)12-20-51)75-72(79)78(84-70)76-73-77(75)83-71-38-32-57(50(8)10-2)42-66(71)80(73)67-44-60(55-25-17-48(6)18-26-55)40-63-62-39-58(53-21-13-46(4)14-22-53)29-35-68(62)82(76)74(63)67/h11-44,49-50H,9-10H2,1-8H3. The van der Waals surface area contributed by atoms with Crippen LogP contribution in [-0.4, -0.2) is 18.0 Å². The molecule has 0 bridgehead atoms. The fourth-order valence-electron chi connectivity index (χ4n) is 14.3. The number of ether oxygens (including phenoxy) is 2. The van der Waals surface area contributed by atoms with Crippen LogP contribution in [0, 0.1) is 27.7 Å². The summed E-state index contributed by atoms with van der Waals surface area (Å²) >= 11 is 0. The van der Waals surface area contributed by atoms with Gasteiger partial charge in [-0.2, -0.15) is 0 Å². The third kappa shape index (κ3) is 7.69. The van der Waals surface area contributed by atoms with Crippen molar-refractivity contribution in [3.63, 3.8) is 0 Å². The van der Waals surface area contributed by atoms with Gasteiger partial charge in [-0.1, -0.05) is 208 Å². The van der Waals surface area contributed by atoms with E-state index in [1.165, 1.54) is 116 Å². The maximum Gasteiger partial charge on any atom is 0.256 e. The molecule has 0 fully saturated rings. The Kier molecular flexibility index (Phi) is 11.5. The van der Waals surface area contributed by atoms with Crippen LogP contribution in [0.2, 0.25) is 0 Å². The van der Waals surface area contributed by atoms with Crippen LogP contribution in [0.15, 0.2) is 206 Å². The third-order valence-corrected chi connectivity index (χ3v) is 19.4. The molecule has 6 heteroatoms. The molecule has 0 aliphatic carbocycles. The Morgan fingerprint density at radius 1 is 0.381 bits per heavy atom.